The van der Waals surface area contributed by atoms with Gasteiger partial charge in [-0.15, -0.1) is 0 Å². The molecule has 1 aliphatic heterocycles. The van der Waals surface area contributed by atoms with Crippen LogP contribution in [0.3, 0.4) is 0 Å². The molecule has 10 heteroatoms. The van der Waals surface area contributed by atoms with E-state index in [2.05, 4.69) is 20.9 Å². The van der Waals surface area contributed by atoms with Gasteiger partial charge in [0.1, 0.15) is 22.7 Å². The highest BCUT2D eigenvalue weighted by Crippen LogP contribution is 2.34. The number of rotatable bonds is 6. The minimum atomic E-state index is -0.504. The average molecular weight is 411 g/mol. The topological polar surface area (TPSA) is 128 Å². The first-order valence-corrected chi connectivity index (χ1v) is 9.53. The molecule has 3 heterocycles. The first-order chi connectivity index (χ1) is 14.4. The number of nitrogens with zero attached hydrogens (tertiary/aromatic N) is 3. The van der Waals surface area contributed by atoms with Crippen molar-refractivity contribution in [1.82, 2.24) is 25.6 Å². The molecule has 2 N–H and O–H groups in total. The highest BCUT2D eigenvalue weighted by atomic mass is 16.5. The number of benzene rings is 1. The number of ether oxygens (including phenoxy) is 1. The molecule has 0 saturated carbocycles. The fourth-order valence-corrected chi connectivity index (χ4v) is 3.54. The monoisotopic (exact) mass is 411 g/mol. The lowest BCUT2D eigenvalue weighted by Gasteiger charge is -2.19. The summed E-state index contributed by atoms with van der Waals surface area (Å²) in [5.74, 6) is -0.276. The second-order valence-electron chi connectivity index (χ2n) is 7.16. The van der Waals surface area contributed by atoms with Gasteiger partial charge < -0.3 is 14.6 Å². The van der Waals surface area contributed by atoms with E-state index in [0.717, 1.165) is 5.39 Å². The molecule has 1 saturated heterocycles. The van der Waals surface area contributed by atoms with E-state index in [-0.39, 0.29) is 37.3 Å². The van der Waals surface area contributed by atoms with Crippen molar-refractivity contribution in [3.63, 3.8) is 0 Å². The number of aromatic nitrogens is 3. The third-order valence-electron chi connectivity index (χ3n) is 4.93. The maximum atomic E-state index is 12.3. The molecule has 0 bridgehead atoms. The number of para-hydroxylation sites is 1. The van der Waals surface area contributed by atoms with Gasteiger partial charge in [-0.2, -0.15) is 5.10 Å². The molecule has 1 fully saturated rings. The van der Waals surface area contributed by atoms with E-state index in [1.54, 1.807) is 36.9 Å². The molecule has 1 unspecified atom stereocenters. The van der Waals surface area contributed by atoms with Crippen molar-refractivity contribution in [2.24, 2.45) is 7.05 Å². The van der Waals surface area contributed by atoms with Crippen LogP contribution in [0.2, 0.25) is 0 Å². The first kappa shape index (κ1) is 19.6. The van der Waals surface area contributed by atoms with Crippen LogP contribution < -0.4 is 15.4 Å². The van der Waals surface area contributed by atoms with Gasteiger partial charge in [0.2, 0.25) is 11.8 Å². The second kappa shape index (κ2) is 7.97. The van der Waals surface area contributed by atoms with Crippen molar-refractivity contribution in [2.75, 3.05) is 6.61 Å². The number of fused-ring (bicyclic) bond motifs is 1. The summed E-state index contributed by atoms with van der Waals surface area (Å²) in [6, 6.07) is 7.12. The van der Waals surface area contributed by atoms with Crippen molar-refractivity contribution < 1.29 is 23.6 Å². The van der Waals surface area contributed by atoms with Crippen molar-refractivity contribution in [2.45, 2.75) is 32.2 Å². The fraction of sp³-hybridized carbons (Fsp3) is 0.350. The Labute approximate surface area is 171 Å². The number of hydrogen-bond acceptors (Lipinski definition) is 7. The van der Waals surface area contributed by atoms with Gasteiger partial charge in [-0.3, -0.25) is 24.4 Å². The Morgan fingerprint density at radius 3 is 2.97 bits per heavy atom. The van der Waals surface area contributed by atoms with Crippen molar-refractivity contribution in [1.29, 1.82) is 0 Å². The Morgan fingerprint density at radius 1 is 1.40 bits per heavy atom. The largest absolute Gasteiger partial charge is 0.482 e. The lowest BCUT2D eigenvalue weighted by molar-refractivity contribution is -0.134. The van der Waals surface area contributed by atoms with Gasteiger partial charge in [0, 0.05) is 24.9 Å². The van der Waals surface area contributed by atoms with Crippen LogP contribution in [-0.2, 0) is 28.0 Å². The summed E-state index contributed by atoms with van der Waals surface area (Å²) in [4.78, 5) is 35.9. The standard InChI is InChI=1S/C20H21N5O5/c1-11-8-12(24-30-11)9-21-17(27)10-29-15-5-3-4-13-18(23-25(2)19(13)15)14-6-7-16(26)22-20(14)28/h3-5,8,14H,6-7,9-10H2,1-2H3,(H,21,27)(H,22,26,28). The zero-order valence-electron chi connectivity index (χ0n) is 16.6. The van der Waals surface area contributed by atoms with Gasteiger partial charge in [0.25, 0.3) is 5.91 Å². The van der Waals surface area contributed by atoms with Crippen LogP contribution in [0, 0.1) is 6.92 Å². The molecule has 0 spiro atoms. The number of piperidine rings is 1. The van der Waals surface area contributed by atoms with Crippen LogP contribution in [0.25, 0.3) is 10.9 Å². The van der Waals surface area contributed by atoms with Gasteiger partial charge in [-0.1, -0.05) is 17.3 Å². The van der Waals surface area contributed by atoms with Gasteiger partial charge in [0.15, 0.2) is 6.61 Å². The van der Waals surface area contributed by atoms with Crippen LogP contribution in [0.1, 0.15) is 35.9 Å². The van der Waals surface area contributed by atoms with Crippen LogP contribution in [0.4, 0.5) is 0 Å². The van der Waals surface area contributed by atoms with Gasteiger partial charge in [-0.05, 0) is 19.4 Å². The molecular weight excluding hydrogens is 390 g/mol. The van der Waals surface area contributed by atoms with E-state index in [1.165, 1.54) is 0 Å². The molecule has 156 valence electrons. The van der Waals surface area contributed by atoms with E-state index in [1.807, 2.05) is 6.07 Å². The van der Waals surface area contributed by atoms with E-state index in [0.29, 0.717) is 34.8 Å². The summed E-state index contributed by atoms with van der Waals surface area (Å²) in [5.41, 5.74) is 1.90. The molecular formula is C20H21N5O5. The van der Waals surface area contributed by atoms with Crippen molar-refractivity contribution >= 4 is 28.6 Å². The van der Waals surface area contributed by atoms with E-state index in [9.17, 15) is 14.4 Å². The molecule has 2 aromatic heterocycles. The lowest BCUT2D eigenvalue weighted by atomic mass is 9.93. The lowest BCUT2D eigenvalue weighted by Crippen LogP contribution is -2.39. The first-order valence-electron chi connectivity index (χ1n) is 9.53. The normalized spacial score (nSPS) is 16.5. The minimum absolute atomic E-state index is 0.186. The molecule has 1 aromatic carbocycles. The van der Waals surface area contributed by atoms with Crippen LogP contribution in [0.15, 0.2) is 28.8 Å². The van der Waals surface area contributed by atoms with Crippen LogP contribution in [-0.4, -0.2) is 39.3 Å². The summed E-state index contributed by atoms with van der Waals surface area (Å²) in [6.07, 6.45) is 0.682. The summed E-state index contributed by atoms with van der Waals surface area (Å²) < 4.78 is 12.3. The number of hydrogen-bond donors (Lipinski definition) is 2. The molecule has 10 nitrogen and oxygen atoms in total. The predicted molar refractivity (Wildman–Crippen MR) is 104 cm³/mol. The Balaban J connectivity index is 1.48. The molecule has 1 atom stereocenters. The number of nitrogens with one attached hydrogen (secondary N) is 2. The Kier molecular flexibility index (Phi) is 5.21. The van der Waals surface area contributed by atoms with Crippen LogP contribution >= 0.6 is 0 Å². The summed E-state index contributed by atoms with van der Waals surface area (Å²) >= 11 is 0. The zero-order chi connectivity index (χ0) is 21.3. The number of carbonyl (C=O) groups is 3. The maximum absolute atomic E-state index is 12.3. The molecule has 3 aromatic rings. The third-order valence-corrected chi connectivity index (χ3v) is 4.93. The smallest absolute Gasteiger partial charge is 0.258 e. The number of amides is 3. The predicted octanol–water partition coefficient (Wildman–Crippen LogP) is 1.09. The van der Waals surface area contributed by atoms with Crippen molar-refractivity contribution in [3.8, 4) is 5.75 Å². The van der Waals surface area contributed by atoms with Crippen LogP contribution in [0.5, 0.6) is 5.75 Å². The van der Waals surface area contributed by atoms with Gasteiger partial charge >= 0.3 is 0 Å². The van der Waals surface area contributed by atoms with E-state index >= 15 is 0 Å². The quantitative estimate of drug-likeness (QED) is 0.581. The number of aryl methyl sites for hydroxylation is 2. The second-order valence-corrected chi connectivity index (χ2v) is 7.16. The van der Waals surface area contributed by atoms with E-state index < -0.39 is 5.92 Å². The molecule has 1 aliphatic rings. The van der Waals surface area contributed by atoms with Crippen molar-refractivity contribution in [3.05, 3.63) is 41.4 Å². The highest BCUT2D eigenvalue weighted by molar-refractivity contribution is 6.03. The Bertz CT molecular complexity index is 1130. The average Bonchev–Trinajstić information content (AvgIpc) is 3.28. The van der Waals surface area contributed by atoms with E-state index in [4.69, 9.17) is 9.26 Å². The summed E-state index contributed by atoms with van der Waals surface area (Å²) in [5, 5.41) is 14.2. The Hall–Kier alpha value is -3.69. The third kappa shape index (κ3) is 3.88. The number of carbonyl (C=O) groups excluding carboxylic acids is 3. The molecule has 0 radical (unpaired) electrons. The molecule has 3 amide bonds. The van der Waals surface area contributed by atoms with Gasteiger partial charge in [0.05, 0.1) is 18.2 Å². The van der Waals surface area contributed by atoms with Gasteiger partial charge in [-0.25, -0.2) is 0 Å². The summed E-state index contributed by atoms with van der Waals surface area (Å²) in [6.45, 7) is 1.84. The molecule has 4 rings (SSSR count). The SMILES string of the molecule is Cc1cc(CNC(=O)COc2cccc3c(C4CCC(=O)NC4=O)nn(C)c23)no1. The maximum Gasteiger partial charge on any atom is 0.258 e. The zero-order valence-corrected chi connectivity index (χ0v) is 16.6. The molecule has 30 heavy (non-hydrogen) atoms. The summed E-state index contributed by atoms with van der Waals surface area (Å²) in [7, 11) is 1.75. The highest BCUT2D eigenvalue weighted by Gasteiger charge is 2.32. The molecule has 0 aliphatic carbocycles. The minimum Gasteiger partial charge on any atom is -0.482 e. The fourth-order valence-electron chi connectivity index (χ4n) is 3.54. The number of imide groups is 1. The Morgan fingerprint density at radius 2 is 2.23 bits per heavy atom.